The predicted octanol–water partition coefficient (Wildman–Crippen LogP) is 3.55. The van der Waals surface area contributed by atoms with Gasteiger partial charge in [-0.15, -0.1) is 0 Å². The number of nitrogens with zero attached hydrogens (tertiary/aromatic N) is 1. The zero-order valence-electron chi connectivity index (χ0n) is 9.48. The van der Waals surface area contributed by atoms with Crippen molar-refractivity contribution in [3.63, 3.8) is 0 Å². The molecule has 0 fully saturated rings. The van der Waals surface area contributed by atoms with Gasteiger partial charge in [0.25, 0.3) is 5.69 Å². The van der Waals surface area contributed by atoms with Gasteiger partial charge in [0.2, 0.25) is 0 Å². The highest BCUT2D eigenvalue weighted by Gasteiger charge is 2.02. The van der Waals surface area contributed by atoms with Gasteiger partial charge in [-0.25, -0.2) is 0 Å². The molecule has 0 spiro atoms. The lowest BCUT2D eigenvalue weighted by Gasteiger charge is -1.96. The van der Waals surface area contributed by atoms with Gasteiger partial charge in [-0.2, -0.15) is 0 Å². The van der Waals surface area contributed by atoms with Gasteiger partial charge in [0.1, 0.15) is 5.76 Å². The first-order valence-electron chi connectivity index (χ1n) is 5.37. The summed E-state index contributed by atoms with van der Waals surface area (Å²) in [6, 6.07) is 6.12. The van der Waals surface area contributed by atoms with Crippen LogP contribution in [0.2, 0.25) is 0 Å². The number of nitro benzene ring substituents is 1. The van der Waals surface area contributed by atoms with E-state index in [2.05, 4.69) is 0 Å². The second-order valence-corrected chi connectivity index (χ2v) is 3.74. The number of hydrogen-bond acceptors (Lipinski definition) is 3. The Morgan fingerprint density at radius 1 is 1.17 bits per heavy atom. The van der Waals surface area contributed by atoms with Gasteiger partial charge in [0.05, 0.1) is 4.92 Å². The van der Waals surface area contributed by atoms with Crippen molar-refractivity contribution in [2.75, 3.05) is 0 Å². The number of benzene rings is 1. The molecule has 1 aromatic rings. The SMILES string of the molecule is O=[N+]([O-])c1ccc(/C=C/C(O)=C2C=CC=C2)cc1. The first-order valence-corrected chi connectivity index (χ1v) is 5.37. The van der Waals surface area contributed by atoms with E-state index in [1.54, 1.807) is 36.4 Å². The van der Waals surface area contributed by atoms with E-state index in [9.17, 15) is 15.2 Å². The zero-order chi connectivity index (χ0) is 13.0. The van der Waals surface area contributed by atoms with E-state index < -0.39 is 4.92 Å². The highest BCUT2D eigenvalue weighted by Crippen LogP contribution is 2.16. The van der Waals surface area contributed by atoms with Crippen LogP contribution in [0, 0.1) is 10.1 Å². The Hall–Kier alpha value is -2.62. The molecule has 0 heterocycles. The van der Waals surface area contributed by atoms with Gasteiger partial charge in [-0.3, -0.25) is 10.1 Å². The van der Waals surface area contributed by atoms with Crippen LogP contribution in [-0.4, -0.2) is 10.0 Å². The second kappa shape index (κ2) is 5.14. The van der Waals surface area contributed by atoms with E-state index in [4.69, 9.17) is 0 Å². The third-order valence-corrected chi connectivity index (χ3v) is 2.50. The van der Waals surface area contributed by atoms with Gasteiger partial charge in [0.15, 0.2) is 0 Å². The summed E-state index contributed by atoms with van der Waals surface area (Å²) in [6.45, 7) is 0. The van der Waals surface area contributed by atoms with Crippen LogP contribution in [0.25, 0.3) is 6.08 Å². The molecular formula is C14H11NO3. The number of nitro groups is 1. The topological polar surface area (TPSA) is 63.4 Å². The fourth-order valence-electron chi connectivity index (χ4n) is 1.52. The molecule has 0 saturated heterocycles. The molecule has 0 atom stereocenters. The second-order valence-electron chi connectivity index (χ2n) is 3.74. The number of rotatable bonds is 3. The van der Waals surface area contributed by atoms with Gasteiger partial charge in [0, 0.05) is 17.7 Å². The van der Waals surface area contributed by atoms with E-state index in [0.717, 1.165) is 11.1 Å². The van der Waals surface area contributed by atoms with E-state index >= 15 is 0 Å². The maximum atomic E-state index is 10.5. The number of aliphatic hydroxyl groups excluding tert-OH is 1. The Morgan fingerprint density at radius 2 is 1.78 bits per heavy atom. The molecule has 0 bridgehead atoms. The van der Waals surface area contributed by atoms with E-state index in [0.29, 0.717) is 0 Å². The van der Waals surface area contributed by atoms with Gasteiger partial charge in [-0.1, -0.05) is 30.4 Å². The fourth-order valence-corrected chi connectivity index (χ4v) is 1.52. The van der Waals surface area contributed by atoms with Gasteiger partial charge < -0.3 is 5.11 Å². The molecule has 1 aliphatic carbocycles. The zero-order valence-corrected chi connectivity index (χ0v) is 9.48. The third kappa shape index (κ3) is 2.74. The molecule has 0 unspecified atom stereocenters. The Labute approximate surface area is 104 Å². The number of aliphatic hydroxyl groups is 1. The first-order chi connectivity index (χ1) is 8.66. The van der Waals surface area contributed by atoms with Gasteiger partial charge in [-0.05, 0) is 23.8 Å². The van der Waals surface area contributed by atoms with Crippen molar-refractivity contribution in [1.29, 1.82) is 0 Å². The fraction of sp³-hybridized carbons (Fsp3) is 0. The van der Waals surface area contributed by atoms with Crippen LogP contribution in [0.4, 0.5) is 5.69 Å². The molecule has 90 valence electrons. The molecule has 4 nitrogen and oxygen atoms in total. The number of non-ortho nitro benzene ring substituents is 1. The molecule has 1 aliphatic rings. The minimum absolute atomic E-state index is 0.0522. The van der Waals surface area contributed by atoms with Crippen molar-refractivity contribution in [3.8, 4) is 0 Å². The van der Waals surface area contributed by atoms with E-state index in [1.807, 2.05) is 12.2 Å². The van der Waals surface area contributed by atoms with Crippen LogP contribution in [0.1, 0.15) is 5.56 Å². The van der Waals surface area contributed by atoms with Crippen molar-refractivity contribution in [1.82, 2.24) is 0 Å². The highest BCUT2D eigenvalue weighted by atomic mass is 16.6. The quantitative estimate of drug-likeness (QED) is 0.500. The maximum absolute atomic E-state index is 10.5. The van der Waals surface area contributed by atoms with Crippen molar-refractivity contribution >= 4 is 11.8 Å². The molecule has 0 saturated carbocycles. The number of allylic oxidation sites excluding steroid dienone is 6. The minimum atomic E-state index is -0.443. The molecule has 0 aliphatic heterocycles. The molecule has 2 rings (SSSR count). The molecule has 1 N–H and O–H groups in total. The van der Waals surface area contributed by atoms with E-state index in [-0.39, 0.29) is 11.4 Å². The summed E-state index contributed by atoms with van der Waals surface area (Å²) in [6.07, 6.45) is 10.5. The maximum Gasteiger partial charge on any atom is 0.269 e. The van der Waals surface area contributed by atoms with Gasteiger partial charge >= 0.3 is 0 Å². The largest absolute Gasteiger partial charge is 0.507 e. The van der Waals surface area contributed by atoms with Crippen LogP contribution in [0.3, 0.4) is 0 Å². The van der Waals surface area contributed by atoms with Crippen LogP contribution in [0.15, 0.2) is 66.0 Å². The molecule has 18 heavy (non-hydrogen) atoms. The molecule has 0 amide bonds. The summed E-state index contributed by atoms with van der Waals surface area (Å²) in [5.41, 5.74) is 1.59. The number of hydrogen-bond donors (Lipinski definition) is 1. The summed E-state index contributed by atoms with van der Waals surface area (Å²) in [5, 5.41) is 20.2. The van der Waals surface area contributed by atoms with Crippen molar-refractivity contribution in [3.05, 3.63) is 81.7 Å². The van der Waals surface area contributed by atoms with Crippen LogP contribution in [0.5, 0.6) is 0 Å². The summed E-state index contributed by atoms with van der Waals surface area (Å²) in [4.78, 5) is 10.0. The van der Waals surface area contributed by atoms with E-state index in [1.165, 1.54) is 12.1 Å². The summed E-state index contributed by atoms with van der Waals surface area (Å²) in [5.74, 6) is 0.165. The van der Waals surface area contributed by atoms with Crippen molar-refractivity contribution in [2.24, 2.45) is 0 Å². The molecular weight excluding hydrogens is 230 g/mol. The smallest absolute Gasteiger partial charge is 0.269 e. The normalized spacial score (nSPS) is 13.4. The lowest BCUT2D eigenvalue weighted by molar-refractivity contribution is -0.384. The highest BCUT2D eigenvalue weighted by molar-refractivity contribution is 5.56. The summed E-state index contributed by atoms with van der Waals surface area (Å²) in [7, 11) is 0. The van der Waals surface area contributed by atoms with Crippen molar-refractivity contribution in [2.45, 2.75) is 0 Å². The first kappa shape index (κ1) is 11.9. The Balaban J connectivity index is 2.14. The minimum Gasteiger partial charge on any atom is -0.507 e. The lowest BCUT2D eigenvalue weighted by Crippen LogP contribution is -1.86. The summed E-state index contributed by atoms with van der Waals surface area (Å²) < 4.78 is 0. The average molecular weight is 241 g/mol. The Morgan fingerprint density at radius 3 is 2.33 bits per heavy atom. The molecule has 0 radical (unpaired) electrons. The summed E-state index contributed by atoms with van der Waals surface area (Å²) >= 11 is 0. The van der Waals surface area contributed by atoms with Crippen LogP contribution in [-0.2, 0) is 0 Å². The molecule has 1 aromatic carbocycles. The van der Waals surface area contributed by atoms with Crippen molar-refractivity contribution < 1.29 is 10.0 Å². The predicted molar refractivity (Wildman–Crippen MR) is 70.1 cm³/mol. The average Bonchev–Trinajstić information content (AvgIpc) is 2.90. The third-order valence-electron chi connectivity index (χ3n) is 2.50. The molecule has 0 aromatic heterocycles. The van der Waals surface area contributed by atoms with Crippen LogP contribution >= 0.6 is 0 Å². The Bertz CT molecular complexity index is 564. The monoisotopic (exact) mass is 241 g/mol. The molecule has 4 heteroatoms. The Kier molecular flexibility index (Phi) is 3.38. The lowest BCUT2D eigenvalue weighted by atomic mass is 10.1. The standard InChI is InChI=1S/C14H11NO3/c16-14(12-3-1-2-4-12)10-7-11-5-8-13(9-6-11)15(17)18/h1-10,16H/b10-7+. The van der Waals surface area contributed by atoms with Crippen LogP contribution < -0.4 is 0 Å².